The van der Waals surface area contributed by atoms with Gasteiger partial charge in [0.2, 0.25) is 5.95 Å². The zero-order valence-electron chi connectivity index (χ0n) is 12.0. The number of nitriles is 1. The third-order valence-corrected chi connectivity index (χ3v) is 3.94. The molecule has 0 unspecified atom stereocenters. The van der Waals surface area contributed by atoms with Crippen LogP contribution >= 0.6 is 0 Å². The Hall–Kier alpha value is -3.33. The van der Waals surface area contributed by atoms with Gasteiger partial charge < -0.3 is 11.1 Å². The van der Waals surface area contributed by atoms with E-state index in [9.17, 15) is 9.65 Å². The fraction of sp³-hybridized carbons (Fsp3) is 0.0588. The van der Waals surface area contributed by atoms with Crippen LogP contribution in [0.25, 0.3) is 16.9 Å². The lowest BCUT2D eigenvalue weighted by Gasteiger charge is -2.26. The van der Waals surface area contributed by atoms with Crippen molar-refractivity contribution < 1.29 is 4.39 Å². The number of nitrogens with two attached hydrogens (primary N) is 1. The Morgan fingerprint density at radius 2 is 2.04 bits per heavy atom. The molecule has 3 N–H and O–H groups in total. The van der Waals surface area contributed by atoms with Crippen LogP contribution in [0.5, 0.6) is 0 Å². The second-order valence-corrected chi connectivity index (χ2v) is 5.30. The highest BCUT2D eigenvalue weighted by atomic mass is 19.1. The van der Waals surface area contributed by atoms with E-state index < -0.39 is 6.04 Å². The Morgan fingerprint density at radius 3 is 2.83 bits per heavy atom. The average Bonchev–Trinajstić information content (AvgIpc) is 2.93. The van der Waals surface area contributed by atoms with Gasteiger partial charge in [0, 0.05) is 0 Å². The molecule has 23 heavy (non-hydrogen) atoms. The van der Waals surface area contributed by atoms with Gasteiger partial charge in [-0.05, 0) is 29.8 Å². The Bertz CT molecular complexity index is 996. The molecule has 3 aromatic rings. The van der Waals surface area contributed by atoms with Crippen molar-refractivity contribution in [1.82, 2.24) is 9.55 Å². The molecule has 112 valence electrons. The van der Waals surface area contributed by atoms with Gasteiger partial charge in [-0.3, -0.25) is 4.57 Å². The number of fused-ring (bicyclic) bond motifs is 3. The molecule has 6 heteroatoms. The van der Waals surface area contributed by atoms with E-state index in [2.05, 4.69) is 16.4 Å². The van der Waals surface area contributed by atoms with Gasteiger partial charge >= 0.3 is 0 Å². The molecule has 0 fully saturated rings. The summed E-state index contributed by atoms with van der Waals surface area (Å²) in [6.45, 7) is 0. The number of aromatic nitrogens is 2. The van der Waals surface area contributed by atoms with Crippen molar-refractivity contribution in [3.63, 3.8) is 0 Å². The predicted molar refractivity (Wildman–Crippen MR) is 85.5 cm³/mol. The normalized spacial score (nSPS) is 16.8. The first-order valence-electron chi connectivity index (χ1n) is 7.08. The number of benzene rings is 2. The summed E-state index contributed by atoms with van der Waals surface area (Å²) in [5, 5.41) is 12.7. The lowest BCUT2D eigenvalue weighted by Crippen LogP contribution is -2.26. The van der Waals surface area contributed by atoms with Gasteiger partial charge in [0.05, 0.1) is 22.6 Å². The van der Waals surface area contributed by atoms with E-state index in [4.69, 9.17) is 5.73 Å². The van der Waals surface area contributed by atoms with Gasteiger partial charge in [0.15, 0.2) is 0 Å². The molecule has 4 rings (SSSR count). The summed E-state index contributed by atoms with van der Waals surface area (Å²) in [6.07, 6.45) is 0. The Balaban J connectivity index is 1.94. The number of hydrogen-bond donors (Lipinski definition) is 2. The molecule has 1 aliphatic rings. The van der Waals surface area contributed by atoms with Crippen molar-refractivity contribution in [2.45, 2.75) is 6.04 Å². The first kappa shape index (κ1) is 13.3. The largest absolute Gasteiger partial charge is 0.384 e. The van der Waals surface area contributed by atoms with E-state index in [1.54, 1.807) is 16.7 Å². The average molecular weight is 305 g/mol. The smallest absolute Gasteiger partial charge is 0.210 e. The monoisotopic (exact) mass is 305 g/mol. The van der Waals surface area contributed by atoms with Crippen molar-refractivity contribution in [3.05, 3.63) is 65.5 Å². The summed E-state index contributed by atoms with van der Waals surface area (Å²) < 4.78 is 15.2. The van der Waals surface area contributed by atoms with Crippen LogP contribution in [0.15, 0.2) is 54.1 Å². The lowest BCUT2D eigenvalue weighted by atomic mass is 9.98. The Morgan fingerprint density at radius 1 is 1.22 bits per heavy atom. The quantitative estimate of drug-likeness (QED) is 0.724. The molecule has 0 radical (unpaired) electrons. The third kappa shape index (κ3) is 1.94. The molecular formula is C17H12FN5. The van der Waals surface area contributed by atoms with Gasteiger partial charge in [0.25, 0.3) is 0 Å². The van der Waals surface area contributed by atoms with Gasteiger partial charge in [0.1, 0.15) is 17.7 Å². The number of rotatable bonds is 1. The number of nitrogens with one attached hydrogen (secondary N) is 1. The second-order valence-electron chi connectivity index (χ2n) is 5.30. The summed E-state index contributed by atoms with van der Waals surface area (Å²) in [5.74, 6) is 0.486. The molecule has 0 bridgehead atoms. The number of para-hydroxylation sites is 2. The highest BCUT2D eigenvalue weighted by Crippen LogP contribution is 2.36. The van der Waals surface area contributed by atoms with Crippen LogP contribution in [0.3, 0.4) is 0 Å². The van der Waals surface area contributed by atoms with Crippen LogP contribution in [-0.2, 0) is 0 Å². The van der Waals surface area contributed by atoms with Crippen molar-refractivity contribution in [3.8, 4) is 6.07 Å². The van der Waals surface area contributed by atoms with Gasteiger partial charge in [-0.2, -0.15) is 5.26 Å². The molecule has 2 aromatic carbocycles. The van der Waals surface area contributed by atoms with Crippen LogP contribution in [0.4, 0.5) is 10.3 Å². The lowest BCUT2D eigenvalue weighted by molar-refractivity contribution is 0.624. The minimum absolute atomic E-state index is 0.309. The number of imidazole rings is 1. The van der Waals surface area contributed by atoms with Crippen molar-refractivity contribution >= 4 is 22.8 Å². The van der Waals surface area contributed by atoms with E-state index in [-0.39, 0.29) is 5.82 Å². The maximum Gasteiger partial charge on any atom is 0.210 e. The topological polar surface area (TPSA) is 79.7 Å². The molecular weight excluding hydrogens is 293 g/mol. The van der Waals surface area contributed by atoms with Gasteiger partial charge in [-0.25, -0.2) is 9.37 Å². The molecule has 0 amide bonds. The summed E-state index contributed by atoms with van der Waals surface area (Å²) >= 11 is 0. The number of halogens is 1. The minimum Gasteiger partial charge on any atom is -0.384 e. The van der Waals surface area contributed by atoms with Gasteiger partial charge in [-0.1, -0.05) is 24.3 Å². The molecule has 0 saturated heterocycles. The van der Waals surface area contributed by atoms with Crippen LogP contribution < -0.4 is 11.1 Å². The Labute approximate surface area is 131 Å². The molecule has 0 aliphatic carbocycles. The number of nitrogens with zero attached hydrogens (tertiary/aromatic N) is 3. The maximum atomic E-state index is 13.5. The van der Waals surface area contributed by atoms with E-state index in [1.165, 1.54) is 12.1 Å². The van der Waals surface area contributed by atoms with Crippen LogP contribution in [0, 0.1) is 17.1 Å². The highest BCUT2D eigenvalue weighted by Gasteiger charge is 2.29. The SMILES string of the molecule is N#CC1=C(N)n2c(nc3ccccc32)N[C@H]1c1cccc(F)c1. The first-order valence-corrected chi connectivity index (χ1v) is 7.08. The van der Waals surface area contributed by atoms with Crippen LogP contribution in [0.1, 0.15) is 11.6 Å². The van der Waals surface area contributed by atoms with Crippen LogP contribution in [-0.4, -0.2) is 9.55 Å². The van der Waals surface area contributed by atoms with E-state index >= 15 is 0 Å². The fourth-order valence-corrected chi connectivity index (χ4v) is 2.89. The van der Waals surface area contributed by atoms with E-state index in [0.717, 1.165) is 11.0 Å². The number of anilines is 1. The fourth-order valence-electron chi connectivity index (χ4n) is 2.89. The van der Waals surface area contributed by atoms with Crippen LogP contribution in [0.2, 0.25) is 0 Å². The molecule has 1 aromatic heterocycles. The first-order chi connectivity index (χ1) is 11.2. The summed E-state index contributed by atoms with van der Waals surface area (Å²) in [4.78, 5) is 4.51. The molecule has 2 heterocycles. The van der Waals surface area contributed by atoms with Gasteiger partial charge in [-0.15, -0.1) is 0 Å². The van der Waals surface area contributed by atoms with E-state index in [0.29, 0.717) is 22.9 Å². The highest BCUT2D eigenvalue weighted by molar-refractivity contribution is 5.85. The summed E-state index contributed by atoms with van der Waals surface area (Å²) in [7, 11) is 0. The van der Waals surface area contributed by atoms with E-state index in [1.807, 2.05) is 24.3 Å². The summed E-state index contributed by atoms with van der Waals surface area (Å²) in [6, 6.07) is 15.3. The predicted octanol–water partition coefficient (Wildman–Crippen LogP) is 2.99. The molecule has 0 spiro atoms. The zero-order valence-corrected chi connectivity index (χ0v) is 12.0. The molecule has 0 saturated carbocycles. The van der Waals surface area contributed by atoms with Crippen molar-refractivity contribution in [1.29, 1.82) is 5.26 Å². The van der Waals surface area contributed by atoms with Crippen molar-refractivity contribution in [2.75, 3.05) is 5.32 Å². The standard InChI is InChI=1S/C17H12FN5/c18-11-5-3-4-10(8-11)15-12(9-19)16(20)23-14-7-2-1-6-13(14)21-17(23)22-15/h1-8,15H,20H2,(H,21,22)/t15-/m0/s1. The Kier molecular flexibility index (Phi) is 2.81. The van der Waals surface area contributed by atoms with Crippen molar-refractivity contribution in [2.24, 2.45) is 5.73 Å². The molecule has 5 nitrogen and oxygen atoms in total. The molecule has 1 atom stereocenters. The minimum atomic E-state index is -0.528. The molecule has 1 aliphatic heterocycles. The number of hydrogen-bond acceptors (Lipinski definition) is 4. The maximum absolute atomic E-state index is 13.5. The zero-order chi connectivity index (χ0) is 16.0. The summed E-state index contributed by atoms with van der Waals surface area (Å²) in [5.41, 5.74) is 8.78. The third-order valence-electron chi connectivity index (χ3n) is 3.94. The second kappa shape index (κ2) is 4.85.